The number of rotatable bonds is 5. The van der Waals surface area contributed by atoms with Crippen LogP contribution in [0.15, 0.2) is 46.9 Å². The molecule has 4 nitrogen and oxygen atoms in total. The van der Waals surface area contributed by atoms with E-state index in [4.69, 9.17) is 4.74 Å². The van der Waals surface area contributed by atoms with E-state index in [1.807, 2.05) is 0 Å². The standard InChI is InChI=1S/C16H13BrF3NO3/c1-23-12-6-7-14(17)13(8-12)15(22)21-9-10-2-4-11(5-3-10)24-16(18,19)20/h2-8H,9H2,1H3,(H,21,22). The van der Waals surface area contributed by atoms with Gasteiger partial charge in [0.15, 0.2) is 0 Å². The van der Waals surface area contributed by atoms with Crippen LogP contribution >= 0.6 is 15.9 Å². The average molecular weight is 404 g/mol. The van der Waals surface area contributed by atoms with E-state index in [1.54, 1.807) is 18.2 Å². The number of nitrogens with one attached hydrogen (secondary N) is 1. The van der Waals surface area contributed by atoms with Gasteiger partial charge in [0.1, 0.15) is 11.5 Å². The zero-order valence-corrected chi connectivity index (χ0v) is 14.1. The van der Waals surface area contributed by atoms with Gasteiger partial charge in [0.25, 0.3) is 5.91 Å². The molecule has 24 heavy (non-hydrogen) atoms. The molecular formula is C16H13BrF3NO3. The number of alkyl halides is 3. The molecule has 128 valence electrons. The molecule has 0 aromatic heterocycles. The van der Waals surface area contributed by atoms with E-state index in [1.165, 1.54) is 31.4 Å². The van der Waals surface area contributed by atoms with E-state index in [9.17, 15) is 18.0 Å². The number of halogens is 4. The van der Waals surface area contributed by atoms with Crippen molar-refractivity contribution in [3.63, 3.8) is 0 Å². The van der Waals surface area contributed by atoms with Crippen molar-refractivity contribution in [1.82, 2.24) is 5.32 Å². The summed E-state index contributed by atoms with van der Waals surface area (Å²) in [5.41, 5.74) is 1.03. The van der Waals surface area contributed by atoms with Crippen molar-refractivity contribution < 1.29 is 27.4 Å². The van der Waals surface area contributed by atoms with Crippen LogP contribution in [-0.2, 0) is 6.54 Å². The second-order valence-electron chi connectivity index (χ2n) is 4.72. The third kappa shape index (κ3) is 5.16. The Kier molecular flexibility index (Phi) is 5.71. The number of hydrogen-bond donors (Lipinski definition) is 1. The lowest BCUT2D eigenvalue weighted by Crippen LogP contribution is -2.23. The number of hydrogen-bond acceptors (Lipinski definition) is 3. The Hall–Kier alpha value is -2.22. The molecule has 0 saturated carbocycles. The lowest BCUT2D eigenvalue weighted by molar-refractivity contribution is -0.274. The summed E-state index contributed by atoms with van der Waals surface area (Å²) in [6.45, 7) is 0.161. The smallest absolute Gasteiger partial charge is 0.497 e. The number of ether oxygens (including phenoxy) is 2. The predicted molar refractivity (Wildman–Crippen MR) is 85.0 cm³/mol. The van der Waals surface area contributed by atoms with Gasteiger partial charge in [-0.3, -0.25) is 4.79 Å². The summed E-state index contributed by atoms with van der Waals surface area (Å²) in [5.74, 6) is -0.110. The fourth-order valence-corrected chi connectivity index (χ4v) is 2.32. The maximum atomic E-state index is 12.2. The van der Waals surface area contributed by atoms with E-state index < -0.39 is 6.36 Å². The summed E-state index contributed by atoms with van der Waals surface area (Å²) in [5, 5.41) is 2.69. The Morgan fingerprint density at radius 1 is 1.12 bits per heavy atom. The van der Waals surface area contributed by atoms with Gasteiger partial charge in [0.2, 0.25) is 0 Å². The Bertz CT molecular complexity index is 717. The quantitative estimate of drug-likeness (QED) is 0.809. The minimum absolute atomic E-state index is 0.161. The molecule has 0 atom stereocenters. The molecule has 0 spiro atoms. The molecule has 1 N–H and O–H groups in total. The van der Waals surface area contributed by atoms with Crippen molar-refractivity contribution in [2.24, 2.45) is 0 Å². The van der Waals surface area contributed by atoms with Crippen LogP contribution in [0.25, 0.3) is 0 Å². The van der Waals surface area contributed by atoms with E-state index in [0.717, 1.165) is 0 Å². The lowest BCUT2D eigenvalue weighted by Gasteiger charge is -2.10. The molecule has 0 heterocycles. The van der Waals surface area contributed by atoms with E-state index >= 15 is 0 Å². The molecule has 0 fully saturated rings. The molecule has 2 rings (SSSR count). The molecule has 2 aromatic carbocycles. The van der Waals surface area contributed by atoms with Gasteiger partial charge in [0.05, 0.1) is 12.7 Å². The Morgan fingerprint density at radius 2 is 1.75 bits per heavy atom. The molecular weight excluding hydrogens is 391 g/mol. The molecule has 0 aliphatic rings. The highest BCUT2D eigenvalue weighted by Gasteiger charge is 2.30. The molecule has 8 heteroatoms. The van der Waals surface area contributed by atoms with Gasteiger partial charge in [-0.1, -0.05) is 12.1 Å². The maximum absolute atomic E-state index is 12.2. The predicted octanol–water partition coefficient (Wildman–Crippen LogP) is 4.29. The van der Waals surface area contributed by atoms with Crippen LogP contribution in [0.4, 0.5) is 13.2 Å². The van der Waals surface area contributed by atoms with Gasteiger partial charge < -0.3 is 14.8 Å². The molecule has 0 aliphatic heterocycles. The molecule has 2 aromatic rings. The number of carbonyl (C=O) groups excluding carboxylic acids is 1. The Labute approximate surface area is 144 Å². The van der Waals surface area contributed by atoms with Crippen LogP contribution < -0.4 is 14.8 Å². The first kappa shape index (κ1) is 18.1. The molecule has 0 aliphatic carbocycles. The third-order valence-corrected chi connectivity index (χ3v) is 3.72. The summed E-state index contributed by atoms with van der Waals surface area (Å²) in [6.07, 6.45) is -4.73. The van der Waals surface area contributed by atoms with Crippen molar-refractivity contribution in [1.29, 1.82) is 0 Å². The zero-order valence-electron chi connectivity index (χ0n) is 12.5. The van der Waals surface area contributed by atoms with Crippen molar-refractivity contribution >= 4 is 21.8 Å². The SMILES string of the molecule is COc1ccc(Br)c(C(=O)NCc2ccc(OC(F)(F)F)cc2)c1. The summed E-state index contributed by atoms with van der Waals surface area (Å²) in [4.78, 5) is 12.2. The van der Waals surface area contributed by atoms with Gasteiger partial charge in [-0.2, -0.15) is 0 Å². The summed E-state index contributed by atoms with van der Waals surface area (Å²) in [6, 6.07) is 10.3. The van der Waals surface area contributed by atoms with Crippen LogP contribution in [0, 0.1) is 0 Å². The van der Waals surface area contributed by atoms with Gasteiger partial charge >= 0.3 is 6.36 Å². The first-order valence-corrected chi connectivity index (χ1v) is 7.54. The van der Waals surface area contributed by atoms with Crippen LogP contribution in [0.5, 0.6) is 11.5 Å². The molecule has 0 bridgehead atoms. The van der Waals surface area contributed by atoms with Crippen molar-refractivity contribution in [3.05, 3.63) is 58.1 Å². The van der Waals surface area contributed by atoms with E-state index in [0.29, 0.717) is 21.3 Å². The van der Waals surface area contributed by atoms with Crippen LogP contribution in [0.3, 0.4) is 0 Å². The highest BCUT2D eigenvalue weighted by atomic mass is 79.9. The van der Waals surface area contributed by atoms with Crippen molar-refractivity contribution in [3.8, 4) is 11.5 Å². The highest BCUT2D eigenvalue weighted by Crippen LogP contribution is 2.24. The largest absolute Gasteiger partial charge is 0.573 e. The second-order valence-corrected chi connectivity index (χ2v) is 5.57. The van der Waals surface area contributed by atoms with Crippen LogP contribution in [0.1, 0.15) is 15.9 Å². The summed E-state index contributed by atoms with van der Waals surface area (Å²) >= 11 is 3.28. The molecule has 1 amide bonds. The summed E-state index contributed by atoms with van der Waals surface area (Å²) < 4.78 is 45.7. The maximum Gasteiger partial charge on any atom is 0.573 e. The summed E-state index contributed by atoms with van der Waals surface area (Å²) in [7, 11) is 1.50. The fraction of sp³-hybridized carbons (Fsp3) is 0.188. The normalized spacial score (nSPS) is 11.0. The fourth-order valence-electron chi connectivity index (χ4n) is 1.89. The lowest BCUT2D eigenvalue weighted by atomic mass is 10.2. The minimum atomic E-state index is -4.73. The zero-order chi connectivity index (χ0) is 17.7. The van der Waals surface area contributed by atoms with Crippen LogP contribution in [0.2, 0.25) is 0 Å². The second kappa shape index (κ2) is 7.57. The molecule has 0 saturated heterocycles. The Balaban J connectivity index is 1.99. The first-order chi connectivity index (χ1) is 11.3. The Morgan fingerprint density at radius 3 is 2.33 bits per heavy atom. The van der Waals surface area contributed by atoms with Gasteiger partial charge in [0, 0.05) is 11.0 Å². The number of benzene rings is 2. The number of amides is 1. The average Bonchev–Trinajstić information content (AvgIpc) is 2.53. The van der Waals surface area contributed by atoms with E-state index in [-0.39, 0.29) is 18.2 Å². The van der Waals surface area contributed by atoms with Gasteiger partial charge in [-0.25, -0.2) is 0 Å². The minimum Gasteiger partial charge on any atom is -0.497 e. The third-order valence-electron chi connectivity index (χ3n) is 3.03. The first-order valence-electron chi connectivity index (χ1n) is 6.75. The number of carbonyl (C=O) groups is 1. The van der Waals surface area contributed by atoms with Crippen LogP contribution in [-0.4, -0.2) is 19.4 Å². The van der Waals surface area contributed by atoms with Gasteiger partial charge in [-0.15, -0.1) is 13.2 Å². The topological polar surface area (TPSA) is 47.6 Å². The van der Waals surface area contributed by atoms with Crippen molar-refractivity contribution in [2.75, 3.05) is 7.11 Å². The monoisotopic (exact) mass is 403 g/mol. The van der Waals surface area contributed by atoms with Crippen molar-refractivity contribution in [2.45, 2.75) is 12.9 Å². The molecule has 0 radical (unpaired) electrons. The van der Waals surface area contributed by atoms with E-state index in [2.05, 4.69) is 26.0 Å². The van der Waals surface area contributed by atoms with Gasteiger partial charge in [-0.05, 0) is 51.8 Å². The molecule has 0 unspecified atom stereocenters. The highest BCUT2D eigenvalue weighted by molar-refractivity contribution is 9.10. The number of methoxy groups -OCH3 is 1.